The molecule has 3 heterocycles. The first kappa shape index (κ1) is 23.7. The fraction of sp³-hybridized carbons (Fsp3) is 0.182. The predicted molar refractivity (Wildman–Crippen MR) is 133 cm³/mol. The Morgan fingerprint density at radius 2 is 1.94 bits per heavy atom. The number of hydrogen-bond acceptors (Lipinski definition) is 6. The summed E-state index contributed by atoms with van der Waals surface area (Å²) in [5.41, 5.74) is 11.8. The Morgan fingerprint density at radius 1 is 1.18 bits per heavy atom. The molecule has 0 saturated carbocycles. The van der Waals surface area contributed by atoms with Crippen molar-refractivity contribution < 1.29 is 23.4 Å². The number of nitrogens with zero attached hydrogens (tertiary/aromatic N) is 2. The van der Waals surface area contributed by atoms with Crippen molar-refractivity contribution in [1.29, 1.82) is 0 Å². The summed E-state index contributed by atoms with van der Waals surface area (Å²) in [7, 11) is -4.46. The molecule has 0 fully saturated rings. The zero-order valence-electron chi connectivity index (χ0n) is 17.6. The molecule has 3 aromatic rings. The SMILES string of the molecule is NC1=C\CI(COP(=O)(O)O)\C=C/C=C\1c1cc(Cc2ccc(Cc3cn[nH]c3)cc2)no1. The molecule has 2 aromatic heterocycles. The molecular weight excluding hydrogens is 558 g/mol. The molecule has 0 atom stereocenters. The Morgan fingerprint density at radius 3 is 2.64 bits per heavy atom. The van der Waals surface area contributed by atoms with E-state index in [0.717, 1.165) is 28.8 Å². The second-order valence-electron chi connectivity index (χ2n) is 7.40. The van der Waals surface area contributed by atoms with E-state index in [1.807, 2.05) is 40.8 Å². The number of allylic oxidation sites excluding steroid dienone is 4. The van der Waals surface area contributed by atoms with Gasteiger partial charge < -0.3 is 0 Å². The molecule has 0 amide bonds. The van der Waals surface area contributed by atoms with Gasteiger partial charge >= 0.3 is 164 Å². The first-order valence-corrected chi connectivity index (χ1v) is 15.8. The molecule has 174 valence electrons. The Labute approximate surface area is 198 Å². The van der Waals surface area contributed by atoms with E-state index in [1.165, 1.54) is 5.56 Å². The van der Waals surface area contributed by atoms with Gasteiger partial charge in [0.05, 0.1) is 6.20 Å². The summed E-state index contributed by atoms with van der Waals surface area (Å²) in [5.74, 6) is 0.577. The van der Waals surface area contributed by atoms with Crippen molar-refractivity contribution in [2.24, 2.45) is 5.73 Å². The molecule has 0 spiro atoms. The van der Waals surface area contributed by atoms with E-state index in [-0.39, 0.29) is 4.61 Å². The standard InChI is InChI=1S/C22H24IN4O5P/c24-21-7-9-23(15-31-33(28,29)30)8-1-2-20(21)22-12-19(27-32-22)11-17-5-3-16(4-6-17)10-18-13-25-26-14-18/h1-8,12-14H,9-11,15,24H2,(H,25,26)(H2,28,29,30)/b8-1-,20-2+,21-7-. The van der Waals surface area contributed by atoms with Gasteiger partial charge in [0.2, 0.25) is 0 Å². The van der Waals surface area contributed by atoms with Crippen LogP contribution < -0.4 is 5.73 Å². The summed E-state index contributed by atoms with van der Waals surface area (Å²) < 4.78 is 23.8. The molecule has 1 aromatic carbocycles. The second kappa shape index (κ2) is 10.6. The first-order valence-electron chi connectivity index (χ1n) is 10.0. The molecule has 0 bridgehead atoms. The molecule has 0 aliphatic carbocycles. The minimum atomic E-state index is -4.46. The summed E-state index contributed by atoms with van der Waals surface area (Å²) in [6.45, 7) is 0. The average Bonchev–Trinajstić information content (AvgIpc) is 3.44. The van der Waals surface area contributed by atoms with E-state index < -0.39 is 27.6 Å². The van der Waals surface area contributed by atoms with Crippen molar-refractivity contribution in [3.05, 3.63) is 98.9 Å². The van der Waals surface area contributed by atoms with Crippen LogP contribution in [0.3, 0.4) is 0 Å². The molecule has 9 nitrogen and oxygen atoms in total. The van der Waals surface area contributed by atoms with Crippen LogP contribution in [0.2, 0.25) is 0 Å². The van der Waals surface area contributed by atoms with Crippen LogP contribution >= 0.6 is 27.6 Å². The number of phosphoric ester groups is 1. The van der Waals surface area contributed by atoms with Crippen LogP contribution in [0.1, 0.15) is 28.1 Å². The quantitative estimate of drug-likeness (QED) is 0.178. The van der Waals surface area contributed by atoms with Crippen molar-refractivity contribution in [1.82, 2.24) is 15.4 Å². The fourth-order valence-electron chi connectivity index (χ4n) is 3.22. The van der Waals surface area contributed by atoms with Crippen molar-refractivity contribution in [3.63, 3.8) is 0 Å². The summed E-state index contributed by atoms with van der Waals surface area (Å²) in [5, 5.41) is 11.0. The van der Waals surface area contributed by atoms with Gasteiger partial charge in [-0.1, -0.05) is 0 Å². The average molecular weight is 582 g/mol. The Bertz CT molecular complexity index is 1210. The number of alkyl halides is 2. The molecule has 4 rings (SSSR count). The van der Waals surface area contributed by atoms with Crippen LogP contribution in [0.5, 0.6) is 0 Å². The number of rotatable bonds is 8. The number of benzene rings is 1. The van der Waals surface area contributed by atoms with Crippen molar-refractivity contribution in [3.8, 4) is 0 Å². The third kappa shape index (κ3) is 6.99. The normalized spacial score (nSPS) is 19.8. The molecule has 5 N–H and O–H groups in total. The molecule has 1 aliphatic rings. The van der Waals surface area contributed by atoms with Gasteiger partial charge in [0, 0.05) is 12.6 Å². The Hall–Kier alpha value is -2.50. The second-order valence-corrected chi connectivity index (χ2v) is 13.7. The summed E-state index contributed by atoms with van der Waals surface area (Å²) >= 11 is -1.86. The number of halogens is 1. The predicted octanol–water partition coefficient (Wildman–Crippen LogP) is 3.91. The molecular formula is C22H24IN4O5P. The fourth-order valence-corrected chi connectivity index (χ4v) is 8.23. The van der Waals surface area contributed by atoms with E-state index in [2.05, 4.69) is 44.1 Å². The van der Waals surface area contributed by atoms with E-state index >= 15 is 0 Å². The number of H-pyrrole nitrogens is 1. The zero-order valence-corrected chi connectivity index (χ0v) is 20.6. The van der Waals surface area contributed by atoms with E-state index in [0.29, 0.717) is 22.3 Å². The van der Waals surface area contributed by atoms with Gasteiger partial charge in [0.1, 0.15) is 0 Å². The van der Waals surface area contributed by atoms with E-state index in [1.54, 1.807) is 0 Å². The Kier molecular flexibility index (Phi) is 7.61. The number of aromatic amines is 1. The molecule has 0 unspecified atom stereocenters. The van der Waals surface area contributed by atoms with E-state index in [9.17, 15) is 4.57 Å². The van der Waals surface area contributed by atoms with Crippen molar-refractivity contribution in [2.45, 2.75) is 12.8 Å². The van der Waals surface area contributed by atoms with Gasteiger partial charge in [0.15, 0.2) is 0 Å². The van der Waals surface area contributed by atoms with E-state index in [4.69, 9.17) is 20.0 Å². The summed E-state index contributed by atoms with van der Waals surface area (Å²) in [6.07, 6.45) is 10.7. The summed E-state index contributed by atoms with van der Waals surface area (Å²) in [4.78, 5) is 17.8. The molecule has 11 heteroatoms. The van der Waals surface area contributed by atoms with Crippen LogP contribution in [0.15, 0.2) is 75.3 Å². The summed E-state index contributed by atoms with van der Waals surface area (Å²) in [6, 6.07) is 10.3. The van der Waals surface area contributed by atoms with Crippen LogP contribution in [-0.4, -0.2) is 34.2 Å². The molecule has 33 heavy (non-hydrogen) atoms. The minimum absolute atomic E-state index is 0.0605. The van der Waals surface area contributed by atoms with Crippen LogP contribution in [0, 0.1) is 0 Å². The van der Waals surface area contributed by atoms with Gasteiger partial charge in [-0.2, -0.15) is 5.10 Å². The van der Waals surface area contributed by atoms with Crippen LogP contribution in [0.4, 0.5) is 0 Å². The molecule has 0 radical (unpaired) electrons. The van der Waals surface area contributed by atoms with Gasteiger partial charge in [-0.25, -0.2) is 0 Å². The van der Waals surface area contributed by atoms with Crippen molar-refractivity contribution >= 4 is 33.2 Å². The third-order valence-electron chi connectivity index (χ3n) is 4.87. The van der Waals surface area contributed by atoms with Gasteiger partial charge in [0.25, 0.3) is 0 Å². The van der Waals surface area contributed by atoms with Crippen LogP contribution in [-0.2, 0) is 21.9 Å². The van der Waals surface area contributed by atoms with Gasteiger partial charge in [-0.3, -0.25) is 5.10 Å². The maximum atomic E-state index is 10.9. The Balaban J connectivity index is 1.40. The molecule has 1 aliphatic heterocycles. The zero-order chi connectivity index (χ0) is 23.3. The van der Waals surface area contributed by atoms with Crippen LogP contribution in [0.25, 0.3) is 5.57 Å². The van der Waals surface area contributed by atoms with Gasteiger partial charge in [-0.05, 0) is 5.56 Å². The van der Waals surface area contributed by atoms with Crippen molar-refractivity contribution in [2.75, 3.05) is 9.04 Å². The topological polar surface area (TPSA) is 147 Å². The third-order valence-corrected chi connectivity index (χ3v) is 9.95. The number of phosphoric acid groups is 1. The number of hydrogen-bond donors (Lipinski definition) is 4. The monoisotopic (exact) mass is 582 g/mol. The number of aromatic nitrogens is 3. The number of nitrogens with two attached hydrogens (primary N) is 1. The van der Waals surface area contributed by atoms with Gasteiger partial charge in [-0.15, -0.1) is 0 Å². The maximum absolute atomic E-state index is 10.9. The first-order chi connectivity index (χ1) is 15.9. The molecule has 0 saturated heterocycles. The number of nitrogens with one attached hydrogen (secondary N) is 1.